The quantitative estimate of drug-likeness (QED) is 0.348. The van der Waals surface area contributed by atoms with Crippen molar-refractivity contribution in [2.24, 2.45) is 16.5 Å². The van der Waals surface area contributed by atoms with Crippen molar-refractivity contribution in [2.45, 2.75) is 18.2 Å². The maximum Gasteiger partial charge on any atom is 0.122 e. The molecular formula is C19H23FN4OPr2S-2. The molecule has 146 valence electrons. The molecule has 2 N–H and O–H groups in total. The number of benzene rings is 2. The summed E-state index contributed by atoms with van der Waals surface area (Å²) in [5, 5.41) is 11.1. The smallest absolute Gasteiger partial charge is 0.122 e. The van der Waals surface area contributed by atoms with Crippen molar-refractivity contribution >= 4 is 28.1 Å². The van der Waals surface area contributed by atoms with Crippen LogP contribution >= 0.6 is 0 Å². The van der Waals surface area contributed by atoms with Crippen LogP contribution in [0.3, 0.4) is 0 Å². The first kappa shape index (κ1) is 30.5. The van der Waals surface area contributed by atoms with Crippen LogP contribution in [-0.2, 0) is 29.1 Å². The van der Waals surface area contributed by atoms with Crippen LogP contribution in [0, 0.1) is 109 Å². The average molecular weight is 656 g/mol. The first-order chi connectivity index (χ1) is 12.0. The molecule has 0 saturated heterocycles. The van der Waals surface area contributed by atoms with E-state index < -0.39 is 10.9 Å². The van der Waals surface area contributed by atoms with E-state index in [-0.39, 0.29) is 102 Å². The number of rotatable bonds is 3. The molecule has 0 bridgehead atoms. The van der Waals surface area contributed by atoms with Gasteiger partial charge in [0.05, 0.1) is 11.7 Å². The summed E-state index contributed by atoms with van der Waals surface area (Å²) in [6, 6.07) is 11.7. The number of aldehydes is 1. The zero-order valence-electron chi connectivity index (χ0n) is 16.5. The number of hydrogen-bond donors (Lipinski definition) is 1. The van der Waals surface area contributed by atoms with Crippen LogP contribution in [0.5, 0.6) is 0 Å². The molecule has 0 aliphatic heterocycles. The van der Waals surface area contributed by atoms with Gasteiger partial charge in [-0.05, 0) is 29.1 Å². The Morgan fingerprint density at radius 2 is 2.04 bits per heavy atom. The van der Waals surface area contributed by atoms with Crippen LogP contribution in [0.1, 0.15) is 11.1 Å². The van der Waals surface area contributed by atoms with Gasteiger partial charge in [0.25, 0.3) is 0 Å². The zero-order valence-corrected chi connectivity index (χ0v) is 24.7. The number of hydrogen-bond acceptors (Lipinski definition) is 3. The molecule has 0 aliphatic rings. The molecule has 0 spiro atoms. The second kappa shape index (κ2) is 15.2. The van der Waals surface area contributed by atoms with E-state index in [1.165, 1.54) is 12.1 Å². The van der Waals surface area contributed by atoms with Crippen molar-refractivity contribution in [3.63, 3.8) is 0 Å². The Balaban J connectivity index is 0. The van der Waals surface area contributed by atoms with E-state index in [1.54, 1.807) is 14.0 Å². The van der Waals surface area contributed by atoms with E-state index in [0.717, 1.165) is 22.1 Å². The van der Waals surface area contributed by atoms with Crippen LogP contribution in [-0.4, -0.2) is 23.1 Å². The number of halogens is 1. The largest absolute Gasteiger partial charge is 0.358 e. The first-order valence-corrected chi connectivity index (χ1v) is 8.82. The van der Waals surface area contributed by atoms with Crippen LogP contribution < -0.4 is 5.14 Å². The van der Waals surface area contributed by atoms with Crippen molar-refractivity contribution in [1.82, 2.24) is 9.78 Å². The van der Waals surface area contributed by atoms with Crippen molar-refractivity contribution < 1.29 is 91.8 Å². The van der Waals surface area contributed by atoms with Crippen LogP contribution in [0.25, 0.3) is 10.9 Å². The second-order valence-corrected chi connectivity index (χ2v) is 6.75. The summed E-state index contributed by atoms with van der Waals surface area (Å²) in [6.07, 6.45) is 2.83. The summed E-state index contributed by atoms with van der Waals surface area (Å²) in [7, 11) is 3.16. The summed E-state index contributed by atoms with van der Waals surface area (Å²) < 4.78 is 18.7. The summed E-state index contributed by atoms with van der Waals surface area (Å²) in [5.41, 5.74) is 2.27. The molecule has 9 heteroatoms. The van der Waals surface area contributed by atoms with Gasteiger partial charge in [0.15, 0.2) is 0 Å². The van der Waals surface area contributed by atoms with Gasteiger partial charge in [-0.2, -0.15) is 17.2 Å². The Hall–Kier alpha value is 0.347. The summed E-state index contributed by atoms with van der Waals surface area (Å²) >= 11 is 0. The number of carbonyl (C=O) groups excluding carboxylic acids is 1. The van der Waals surface area contributed by atoms with Gasteiger partial charge in [-0.1, -0.05) is 6.92 Å². The first-order valence-electron chi connectivity index (χ1n) is 7.57. The van der Waals surface area contributed by atoms with E-state index in [0.29, 0.717) is 11.1 Å². The average Bonchev–Trinajstić information content (AvgIpc) is 2.99. The van der Waals surface area contributed by atoms with Gasteiger partial charge in [-0.25, -0.2) is 8.75 Å². The van der Waals surface area contributed by atoms with Crippen molar-refractivity contribution in [2.75, 3.05) is 7.05 Å². The molecule has 1 aromatic heterocycles. The molecule has 1 atom stereocenters. The molecule has 0 aliphatic carbocycles. The van der Waals surface area contributed by atoms with Gasteiger partial charge in [-0.15, -0.1) is 17.2 Å². The van der Waals surface area contributed by atoms with Crippen molar-refractivity contribution in [3.8, 4) is 0 Å². The maximum atomic E-state index is 12.8. The Labute approximate surface area is 235 Å². The van der Waals surface area contributed by atoms with Crippen LogP contribution in [0.2, 0.25) is 0 Å². The van der Waals surface area contributed by atoms with Gasteiger partial charge in [-0.3, -0.25) is 9.82 Å². The third-order valence-electron chi connectivity index (χ3n) is 3.74. The Bertz CT molecular complexity index is 931. The van der Waals surface area contributed by atoms with E-state index in [4.69, 9.17) is 5.14 Å². The molecule has 1 heterocycles. The predicted octanol–water partition coefficient (Wildman–Crippen LogP) is 3.36. The van der Waals surface area contributed by atoms with E-state index in [1.807, 2.05) is 36.1 Å². The minimum absolute atomic E-state index is 0. The molecular weight excluding hydrogens is 633 g/mol. The molecule has 3 aromatic rings. The third-order valence-corrected chi connectivity index (χ3v) is 4.87. The van der Waals surface area contributed by atoms with Crippen LogP contribution in [0.15, 0.2) is 45.8 Å². The minimum Gasteiger partial charge on any atom is -0.358 e. The van der Waals surface area contributed by atoms with Gasteiger partial charge < -0.3 is 12.2 Å². The van der Waals surface area contributed by atoms with Gasteiger partial charge in [0.2, 0.25) is 0 Å². The van der Waals surface area contributed by atoms with E-state index in [2.05, 4.69) is 15.5 Å². The van der Waals surface area contributed by atoms with Gasteiger partial charge >= 0.3 is 0 Å². The van der Waals surface area contributed by atoms with E-state index in [9.17, 15) is 9.18 Å². The van der Waals surface area contributed by atoms with Gasteiger partial charge in [0.1, 0.15) is 6.29 Å². The molecule has 2 radical (unpaired) electrons. The maximum absolute atomic E-state index is 12.8. The molecule has 0 saturated carbocycles. The summed E-state index contributed by atoms with van der Waals surface area (Å²) in [6.45, 7) is 1.64. The number of aromatic nitrogens is 2. The zero-order chi connectivity index (χ0) is 18.4. The fraction of sp³-hybridized carbons (Fsp3) is 0.211. The summed E-state index contributed by atoms with van der Waals surface area (Å²) in [4.78, 5) is 11.1. The van der Waals surface area contributed by atoms with Crippen LogP contribution in [0.4, 0.5) is 4.39 Å². The number of aryl methyl sites for hydroxylation is 1. The predicted molar refractivity (Wildman–Crippen MR) is 105 cm³/mol. The molecule has 3 rings (SSSR count). The number of nitrogens with two attached hydrogens (primary N) is 1. The topological polar surface area (TPSA) is 73.3 Å². The fourth-order valence-corrected chi connectivity index (χ4v) is 2.93. The van der Waals surface area contributed by atoms with Crippen molar-refractivity contribution in [1.29, 1.82) is 0 Å². The minimum atomic E-state index is -0.499. The second-order valence-electron chi connectivity index (χ2n) is 5.29. The molecule has 1 unspecified atom stereocenters. The van der Waals surface area contributed by atoms with Gasteiger partial charge in [0, 0.05) is 119 Å². The number of nitrogens with zero attached hydrogens (tertiary/aromatic N) is 3. The third kappa shape index (κ3) is 8.23. The molecule has 0 fully saturated rings. The monoisotopic (exact) mass is 656 g/mol. The Morgan fingerprint density at radius 1 is 1.36 bits per heavy atom. The normalized spacial score (nSPS) is 10.6. The van der Waals surface area contributed by atoms with E-state index >= 15 is 0 Å². The SMILES string of the molecule is CN=S(N)c1ccc2c(cnn2C)c1.Cc1c(CC=O)[c-]ccc1F.[CH3-].[Pr].[Pr]. The number of carbonyl (C=O) groups is 1. The fourth-order valence-electron chi connectivity index (χ4n) is 2.27. The molecule has 28 heavy (non-hydrogen) atoms. The molecule has 5 nitrogen and oxygen atoms in total. The Kier molecular flexibility index (Phi) is 16.6. The summed E-state index contributed by atoms with van der Waals surface area (Å²) in [5.74, 6) is -0.277. The Morgan fingerprint density at radius 3 is 2.64 bits per heavy atom. The molecule has 2 aromatic carbocycles. The molecule has 0 amide bonds. The standard InChI is InChI=1S/C9H8FO.C9H12N4S.CH3.2Pr/c1-7-8(5-6-11)3-2-4-9(7)10;1-11-14(10)8-3-4-9-7(5-8)6-12-13(9)2;;;/h2,4,6H,5H2,1H3;3-6H,1-2H3,(H2,10,11);1H3;;/q-1;;-1;;. The van der Waals surface area contributed by atoms with Crippen molar-refractivity contribution in [3.05, 3.63) is 67.0 Å². The number of fused-ring (bicyclic) bond motifs is 1.